The Labute approximate surface area is 113 Å². The number of nitrogens with one attached hydrogen (secondary N) is 2. The van der Waals surface area contributed by atoms with Gasteiger partial charge in [0.15, 0.2) is 0 Å². The molecule has 0 spiro atoms. The van der Waals surface area contributed by atoms with Gasteiger partial charge >= 0.3 is 0 Å². The van der Waals surface area contributed by atoms with Crippen molar-refractivity contribution in [3.63, 3.8) is 0 Å². The van der Waals surface area contributed by atoms with Crippen molar-refractivity contribution in [2.45, 2.75) is 43.9 Å². The minimum absolute atomic E-state index is 0.245. The van der Waals surface area contributed by atoms with Gasteiger partial charge in [-0.15, -0.1) is 0 Å². The van der Waals surface area contributed by atoms with Gasteiger partial charge in [0.2, 0.25) is 0 Å². The van der Waals surface area contributed by atoms with Crippen LogP contribution in [-0.2, 0) is 0 Å². The maximum Gasteiger partial charge on any atom is 0.0605 e. The van der Waals surface area contributed by atoms with Gasteiger partial charge in [0, 0.05) is 23.0 Å². The van der Waals surface area contributed by atoms with E-state index in [-0.39, 0.29) is 6.10 Å². The van der Waals surface area contributed by atoms with Crippen LogP contribution in [0.25, 0.3) is 0 Å². The molecular formula is C14H19ClN2O. The fraction of sp³-hybridized carbons (Fsp3) is 0.571. The third kappa shape index (κ3) is 2.16. The molecule has 3 nitrogen and oxygen atoms in total. The Hall–Kier alpha value is -0.610. The molecule has 1 aliphatic heterocycles. The maximum atomic E-state index is 10.3. The van der Waals surface area contributed by atoms with E-state index >= 15 is 0 Å². The van der Waals surface area contributed by atoms with Gasteiger partial charge in [0.1, 0.15) is 0 Å². The lowest BCUT2D eigenvalue weighted by Crippen LogP contribution is -2.43. The molecule has 2 aliphatic rings. The summed E-state index contributed by atoms with van der Waals surface area (Å²) in [5.41, 5.74) is 7.79. The van der Waals surface area contributed by atoms with Gasteiger partial charge in [-0.05, 0) is 43.4 Å². The normalized spacial score (nSPS) is 39.6. The van der Waals surface area contributed by atoms with Gasteiger partial charge in [0.05, 0.1) is 6.10 Å². The fourth-order valence-electron chi connectivity index (χ4n) is 3.48. The summed E-state index contributed by atoms with van der Waals surface area (Å²) in [5, 5.41) is 11.1. The summed E-state index contributed by atoms with van der Waals surface area (Å²) in [7, 11) is 0. The first-order chi connectivity index (χ1) is 8.65. The molecule has 3 N–H and O–H groups in total. The molecule has 3 rings (SSSR count). The molecule has 2 fully saturated rings. The number of hydrogen-bond donors (Lipinski definition) is 3. The number of aliphatic hydroxyl groups is 1. The highest BCUT2D eigenvalue weighted by Gasteiger charge is 2.43. The van der Waals surface area contributed by atoms with E-state index in [0.29, 0.717) is 23.9 Å². The lowest BCUT2D eigenvalue weighted by Gasteiger charge is -2.36. The molecule has 0 aromatic heterocycles. The smallest absolute Gasteiger partial charge is 0.0605 e. The van der Waals surface area contributed by atoms with Crippen molar-refractivity contribution in [1.29, 1.82) is 0 Å². The first kappa shape index (κ1) is 12.4. The van der Waals surface area contributed by atoms with Crippen molar-refractivity contribution in [3.8, 4) is 0 Å². The van der Waals surface area contributed by atoms with Gasteiger partial charge in [-0.25, -0.2) is 0 Å². The molecule has 5 unspecified atom stereocenters. The van der Waals surface area contributed by atoms with E-state index in [1.54, 1.807) is 0 Å². The predicted octanol–water partition coefficient (Wildman–Crippen LogP) is 2.06. The zero-order chi connectivity index (χ0) is 12.7. The number of fused-ring (bicyclic) bond motifs is 1. The lowest BCUT2D eigenvalue weighted by molar-refractivity contribution is 0.0498. The van der Waals surface area contributed by atoms with Crippen LogP contribution in [0.4, 0.5) is 0 Å². The van der Waals surface area contributed by atoms with E-state index < -0.39 is 0 Å². The molecule has 0 bridgehead atoms. The number of halogens is 1. The molecule has 98 valence electrons. The topological polar surface area (TPSA) is 44.3 Å². The van der Waals surface area contributed by atoms with Crippen LogP contribution in [0.1, 0.15) is 31.2 Å². The Kier molecular flexibility index (Phi) is 3.32. The highest BCUT2D eigenvalue weighted by atomic mass is 35.5. The van der Waals surface area contributed by atoms with Crippen LogP contribution in [0.2, 0.25) is 5.02 Å². The first-order valence-electron chi connectivity index (χ1n) is 6.59. The largest absolute Gasteiger partial charge is 0.393 e. The third-order valence-electron chi connectivity index (χ3n) is 4.37. The summed E-state index contributed by atoms with van der Waals surface area (Å²) >= 11 is 6.04. The third-order valence-corrected chi connectivity index (χ3v) is 4.60. The molecule has 1 aromatic rings. The van der Waals surface area contributed by atoms with Gasteiger partial charge < -0.3 is 5.11 Å². The van der Waals surface area contributed by atoms with Gasteiger partial charge in [-0.2, -0.15) is 0 Å². The number of rotatable bonds is 1. The minimum atomic E-state index is -0.245. The Morgan fingerprint density at radius 1 is 1.28 bits per heavy atom. The van der Waals surface area contributed by atoms with Gasteiger partial charge in [-0.1, -0.05) is 23.7 Å². The second-order valence-corrected chi connectivity index (χ2v) is 5.99. The lowest BCUT2D eigenvalue weighted by atomic mass is 9.72. The van der Waals surface area contributed by atoms with Gasteiger partial charge in [0.25, 0.3) is 0 Å². The van der Waals surface area contributed by atoms with Crippen LogP contribution >= 0.6 is 11.6 Å². The summed E-state index contributed by atoms with van der Waals surface area (Å²) in [6, 6.07) is 8.70. The van der Waals surface area contributed by atoms with Crippen molar-refractivity contribution in [2.24, 2.45) is 5.92 Å². The Balaban J connectivity index is 1.80. The maximum absolute atomic E-state index is 10.3. The van der Waals surface area contributed by atoms with E-state index in [1.807, 2.05) is 18.2 Å². The standard InChI is InChI=1S/C14H19ClN2O/c1-8-14-12(17-16-8)6-10(7-13(14)18)9-3-2-4-11(15)5-9/h2-5,8,10,12-14,16-18H,6-7H2,1H3. The molecule has 0 amide bonds. The minimum Gasteiger partial charge on any atom is -0.393 e. The number of benzene rings is 1. The number of hydrazine groups is 1. The molecule has 5 atom stereocenters. The molecule has 4 heteroatoms. The second kappa shape index (κ2) is 4.82. The van der Waals surface area contributed by atoms with Crippen molar-refractivity contribution >= 4 is 11.6 Å². The van der Waals surface area contributed by atoms with Crippen molar-refractivity contribution in [3.05, 3.63) is 34.9 Å². The number of hydrogen-bond acceptors (Lipinski definition) is 3. The monoisotopic (exact) mass is 266 g/mol. The zero-order valence-corrected chi connectivity index (χ0v) is 11.2. The summed E-state index contributed by atoms with van der Waals surface area (Å²) < 4.78 is 0. The quantitative estimate of drug-likeness (QED) is 0.729. The van der Waals surface area contributed by atoms with E-state index in [0.717, 1.165) is 17.9 Å². The Morgan fingerprint density at radius 3 is 2.89 bits per heavy atom. The van der Waals surface area contributed by atoms with Crippen molar-refractivity contribution in [1.82, 2.24) is 10.9 Å². The van der Waals surface area contributed by atoms with Crippen LogP contribution < -0.4 is 10.9 Å². The molecule has 1 aliphatic carbocycles. The predicted molar refractivity (Wildman–Crippen MR) is 72.4 cm³/mol. The molecule has 1 aromatic carbocycles. The molecular weight excluding hydrogens is 248 g/mol. The highest BCUT2D eigenvalue weighted by molar-refractivity contribution is 6.30. The molecule has 1 saturated carbocycles. The van der Waals surface area contributed by atoms with Crippen LogP contribution in [0.5, 0.6) is 0 Å². The summed E-state index contributed by atoms with van der Waals surface area (Å²) in [5.74, 6) is 0.708. The summed E-state index contributed by atoms with van der Waals surface area (Å²) in [6.45, 7) is 2.13. The van der Waals surface area contributed by atoms with E-state index in [2.05, 4.69) is 23.8 Å². The van der Waals surface area contributed by atoms with Crippen LogP contribution in [0, 0.1) is 5.92 Å². The zero-order valence-electron chi connectivity index (χ0n) is 10.4. The average Bonchev–Trinajstić information content (AvgIpc) is 2.71. The molecule has 1 saturated heterocycles. The highest BCUT2D eigenvalue weighted by Crippen LogP contribution is 2.39. The Morgan fingerprint density at radius 2 is 2.11 bits per heavy atom. The van der Waals surface area contributed by atoms with Crippen LogP contribution in [0.15, 0.2) is 24.3 Å². The fourth-order valence-corrected chi connectivity index (χ4v) is 3.68. The van der Waals surface area contributed by atoms with E-state index in [4.69, 9.17) is 11.6 Å². The van der Waals surface area contributed by atoms with E-state index in [1.165, 1.54) is 5.56 Å². The van der Waals surface area contributed by atoms with E-state index in [9.17, 15) is 5.11 Å². The Bertz CT molecular complexity index is 440. The molecule has 1 heterocycles. The first-order valence-corrected chi connectivity index (χ1v) is 6.97. The van der Waals surface area contributed by atoms with Crippen molar-refractivity contribution in [2.75, 3.05) is 0 Å². The summed E-state index contributed by atoms with van der Waals surface area (Å²) in [4.78, 5) is 0. The average molecular weight is 267 g/mol. The summed E-state index contributed by atoms with van der Waals surface area (Å²) in [6.07, 6.45) is 1.64. The van der Waals surface area contributed by atoms with Gasteiger partial charge in [-0.3, -0.25) is 10.9 Å². The van der Waals surface area contributed by atoms with Crippen LogP contribution in [-0.4, -0.2) is 23.3 Å². The molecule has 18 heavy (non-hydrogen) atoms. The molecule has 0 radical (unpaired) electrons. The SMILES string of the molecule is CC1NNC2CC(c3cccc(Cl)c3)CC(O)C12. The second-order valence-electron chi connectivity index (χ2n) is 5.55. The number of aliphatic hydroxyl groups excluding tert-OH is 1. The van der Waals surface area contributed by atoms with Crippen LogP contribution in [0.3, 0.4) is 0 Å². The van der Waals surface area contributed by atoms with Crippen molar-refractivity contribution < 1.29 is 5.11 Å².